The predicted molar refractivity (Wildman–Crippen MR) is 108 cm³/mol. The van der Waals surface area contributed by atoms with E-state index in [2.05, 4.69) is 0 Å². The standard InChI is InChI=1S/C20H22FN3O5S/c1-15-2-8-18(24(26)27)14-19(15)30(28,29)23-12-10-22(11-13-23)20(25)9-5-16-3-6-17(21)7-4-16/h2-4,6-8,14H,5,9-13H2,1H3. The van der Waals surface area contributed by atoms with Gasteiger partial charge in [-0.25, -0.2) is 12.8 Å². The second-order valence-corrected chi connectivity index (χ2v) is 9.02. The number of carbonyl (C=O) groups excluding carboxylic acids is 1. The van der Waals surface area contributed by atoms with Crippen LogP contribution in [0.2, 0.25) is 0 Å². The summed E-state index contributed by atoms with van der Waals surface area (Å²) >= 11 is 0. The third-order valence-electron chi connectivity index (χ3n) is 5.13. The second-order valence-electron chi connectivity index (χ2n) is 7.12. The zero-order valence-electron chi connectivity index (χ0n) is 16.5. The van der Waals surface area contributed by atoms with E-state index in [9.17, 15) is 27.7 Å². The van der Waals surface area contributed by atoms with Crippen LogP contribution in [0.4, 0.5) is 10.1 Å². The molecule has 0 bridgehead atoms. The van der Waals surface area contributed by atoms with Crippen molar-refractivity contribution >= 4 is 21.6 Å². The van der Waals surface area contributed by atoms with Crippen LogP contribution >= 0.6 is 0 Å². The Kier molecular flexibility index (Phi) is 6.47. The molecule has 10 heteroatoms. The van der Waals surface area contributed by atoms with Gasteiger partial charge in [0.15, 0.2) is 0 Å². The summed E-state index contributed by atoms with van der Waals surface area (Å²) in [4.78, 5) is 24.3. The third kappa shape index (κ3) is 4.82. The van der Waals surface area contributed by atoms with Crippen LogP contribution in [-0.4, -0.2) is 54.6 Å². The molecule has 160 valence electrons. The van der Waals surface area contributed by atoms with Gasteiger partial charge in [-0.3, -0.25) is 14.9 Å². The van der Waals surface area contributed by atoms with Gasteiger partial charge in [-0.2, -0.15) is 4.31 Å². The molecular weight excluding hydrogens is 413 g/mol. The minimum absolute atomic E-state index is 0.0900. The van der Waals surface area contributed by atoms with Crippen LogP contribution in [0, 0.1) is 22.9 Å². The van der Waals surface area contributed by atoms with Crippen molar-refractivity contribution in [3.8, 4) is 0 Å². The van der Waals surface area contributed by atoms with Crippen LogP contribution in [0.15, 0.2) is 47.4 Å². The van der Waals surface area contributed by atoms with Gasteiger partial charge in [-0.15, -0.1) is 0 Å². The molecule has 1 amide bonds. The van der Waals surface area contributed by atoms with Crippen LogP contribution in [0.5, 0.6) is 0 Å². The Bertz CT molecular complexity index is 1050. The van der Waals surface area contributed by atoms with E-state index >= 15 is 0 Å². The molecule has 2 aromatic rings. The predicted octanol–water partition coefficient (Wildman–Crippen LogP) is 2.51. The molecule has 0 spiro atoms. The van der Waals surface area contributed by atoms with Gasteiger partial charge >= 0.3 is 0 Å². The zero-order chi connectivity index (χ0) is 21.9. The van der Waals surface area contributed by atoms with Crippen molar-refractivity contribution in [2.45, 2.75) is 24.7 Å². The maximum atomic E-state index is 13.0. The van der Waals surface area contributed by atoms with E-state index in [1.807, 2.05) is 0 Å². The van der Waals surface area contributed by atoms with Crippen molar-refractivity contribution in [2.24, 2.45) is 0 Å². The van der Waals surface area contributed by atoms with Crippen LogP contribution in [0.3, 0.4) is 0 Å². The number of non-ortho nitro benzene ring substituents is 1. The van der Waals surface area contributed by atoms with Gasteiger partial charge in [0.1, 0.15) is 5.82 Å². The first-order chi connectivity index (χ1) is 14.2. The van der Waals surface area contributed by atoms with Crippen LogP contribution in [0.1, 0.15) is 17.5 Å². The first-order valence-electron chi connectivity index (χ1n) is 9.46. The number of hydrogen-bond donors (Lipinski definition) is 0. The van der Waals surface area contributed by atoms with Crippen molar-refractivity contribution in [3.63, 3.8) is 0 Å². The van der Waals surface area contributed by atoms with Crippen molar-refractivity contribution in [2.75, 3.05) is 26.2 Å². The van der Waals surface area contributed by atoms with Crippen molar-refractivity contribution in [1.82, 2.24) is 9.21 Å². The van der Waals surface area contributed by atoms with Gasteiger partial charge in [-0.05, 0) is 36.6 Å². The topological polar surface area (TPSA) is 101 Å². The van der Waals surface area contributed by atoms with Gasteiger partial charge in [-0.1, -0.05) is 18.2 Å². The van der Waals surface area contributed by atoms with Crippen LogP contribution in [0.25, 0.3) is 0 Å². The molecule has 8 nitrogen and oxygen atoms in total. The quantitative estimate of drug-likeness (QED) is 0.513. The molecule has 0 N–H and O–H groups in total. The smallest absolute Gasteiger partial charge is 0.270 e. The summed E-state index contributed by atoms with van der Waals surface area (Å²) < 4.78 is 40.1. The molecule has 0 saturated carbocycles. The number of halogens is 1. The molecule has 0 radical (unpaired) electrons. The highest BCUT2D eigenvalue weighted by Crippen LogP contribution is 2.25. The molecular formula is C20H22FN3O5S. The fourth-order valence-electron chi connectivity index (χ4n) is 3.36. The van der Waals surface area contributed by atoms with Crippen molar-refractivity contribution < 1.29 is 22.5 Å². The minimum atomic E-state index is -3.90. The van der Waals surface area contributed by atoms with Crippen LogP contribution < -0.4 is 0 Å². The number of nitro benzene ring substituents is 1. The maximum Gasteiger partial charge on any atom is 0.270 e. The lowest BCUT2D eigenvalue weighted by molar-refractivity contribution is -0.385. The van der Waals surface area contributed by atoms with Gasteiger partial charge in [0.25, 0.3) is 5.69 Å². The number of benzene rings is 2. The highest BCUT2D eigenvalue weighted by molar-refractivity contribution is 7.89. The second kappa shape index (κ2) is 8.88. The number of piperazine rings is 1. The fraction of sp³-hybridized carbons (Fsp3) is 0.350. The fourth-order valence-corrected chi connectivity index (χ4v) is 5.02. The summed E-state index contributed by atoms with van der Waals surface area (Å²) in [5.41, 5.74) is 0.999. The number of nitro groups is 1. The number of rotatable bonds is 6. The molecule has 0 atom stereocenters. The van der Waals surface area contributed by atoms with E-state index in [1.165, 1.54) is 28.6 Å². The molecule has 1 aliphatic heterocycles. The van der Waals surface area contributed by atoms with E-state index in [0.717, 1.165) is 11.6 Å². The summed E-state index contributed by atoms with van der Waals surface area (Å²) in [6.07, 6.45) is 0.729. The number of aryl methyl sites for hydroxylation is 2. The molecule has 1 saturated heterocycles. The lowest BCUT2D eigenvalue weighted by Crippen LogP contribution is -2.50. The number of amides is 1. The Morgan fingerprint density at radius 2 is 1.73 bits per heavy atom. The summed E-state index contributed by atoms with van der Waals surface area (Å²) in [6, 6.07) is 9.72. The van der Waals surface area contributed by atoms with Crippen molar-refractivity contribution in [3.05, 3.63) is 69.5 Å². The van der Waals surface area contributed by atoms with E-state index in [0.29, 0.717) is 12.0 Å². The SMILES string of the molecule is Cc1ccc([N+](=O)[O-])cc1S(=O)(=O)N1CCN(C(=O)CCc2ccc(F)cc2)CC1. The monoisotopic (exact) mass is 435 g/mol. The molecule has 0 unspecified atom stereocenters. The van der Waals surface area contributed by atoms with E-state index in [-0.39, 0.29) is 54.9 Å². The number of carbonyl (C=O) groups is 1. The number of sulfonamides is 1. The van der Waals surface area contributed by atoms with Crippen LogP contribution in [-0.2, 0) is 21.2 Å². The number of nitrogens with zero attached hydrogens (tertiary/aromatic N) is 3. The van der Waals surface area contributed by atoms with E-state index in [4.69, 9.17) is 0 Å². The lowest BCUT2D eigenvalue weighted by atomic mass is 10.1. The summed E-state index contributed by atoms with van der Waals surface area (Å²) in [5.74, 6) is -0.427. The first kappa shape index (κ1) is 21.8. The molecule has 1 fully saturated rings. The van der Waals surface area contributed by atoms with Gasteiger partial charge < -0.3 is 4.90 Å². The lowest BCUT2D eigenvalue weighted by Gasteiger charge is -2.34. The van der Waals surface area contributed by atoms with E-state index < -0.39 is 14.9 Å². The largest absolute Gasteiger partial charge is 0.340 e. The molecule has 0 aromatic heterocycles. The normalized spacial score (nSPS) is 15.2. The molecule has 2 aromatic carbocycles. The molecule has 30 heavy (non-hydrogen) atoms. The summed E-state index contributed by atoms with van der Waals surface area (Å²) in [6.45, 7) is 2.32. The molecule has 1 heterocycles. The maximum absolute atomic E-state index is 13.0. The average molecular weight is 435 g/mol. The molecule has 1 aliphatic rings. The Balaban J connectivity index is 1.61. The van der Waals surface area contributed by atoms with E-state index in [1.54, 1.807) is 24.0 Å². The van der Waals surface area contributed by atoms with Gasteiger partial charge in [0.2, 0.25) is 15.9 Å². The Morgan fingerprint density at radius 1 is 1.10 bits per heavy atom. The Morgan fingerprint density at radius 3 is 2.33 bits per heavy atom. The molecule has 3 rings (SSSR count). The highest BCUT2D eigenvalue weighted by atomic mass is 32.2. The zero-order valence-corrected chi connectivity index (χ0v) is 17.3. The first-order valence-corrected chi connectivity index (χ1v) is 10.9. The third-order valence-corrected chi connectivity index (χ3v) is 7.17. The Hall–Kier alpha value is -2.85. The van der Waals surface area contributed by atoms with Gasteiger partial charge in [0.05, 0.1) is 9.82 Å². The molecule has 0 aliphatic carbocycles. The average Bonchev–Trinajstić information content (AvgIpc) is 2.73. The van der Waals surface area contributed by atoms with Crippen molar-refractivity contribution in [1.29, 1.82) is 0 Å². The number of hydrogen-bond acceptors (Lipinski definition) is 5. The minimum Gasteiger partial charge on any atom is -0.340 e. The highest BCUT2D eigenvalue weighted by Gasteiger charge is 2.32. The van der Waals surface area contributed by atoms with Gasteiger partial charge in [0, 0.05) is 44.7 Å². The summed E-state index contributed by atoms with van der Waals surface area (Å²) in [7, 11) is -3.90. The summed E-state index contributed by atoms with van der Waals surface area (Å²) in [5, 5.41) is 11.0. The Labute approximate surface area is 174 Å².